The molecule has 158 valence electrons. The molecule has 0 atom stereocenters. The quantitative estimate of drug-likeness (QED) is 0.414. The summed E-state index contributed by atoms with van der Waals surface area (Å²) >= 11 is 0. The summed E-state index contributed by atoms with van der Waals surface area (Å²) in [5.41, 5.74) is 2.87. The zero-order valence-corrected chi connectivity index (χ0v) is 16.8. The highest BCUT2D eigenvalue weighted by Gasteiger charge is 2.09. The smallest absolute Gasteiger partial charge is 0.387 e. The lowest BCUT2D eigenvalue weighted by Gasteiger charge is -2.14. The first-order chi connectivity index (χ1) is 14.6. The number of aromatic nitrogens is 2. The number of hydrogen-bond acceptors (Lipinski definition) is 3. The predicted molar refractivity (Wildman–Crippen MR) is 113 cm³/mol. The molecular formula is C22H25F2N5O. The first-order valence-electron chi connectivity index (χ1n) is 9.72. The maximum atomic E-state index is 12.6. The van der Waals surface area contributed by atoms with Crippen LogP contribution in [-0.2, 0) is 19.6 Å². The molecule has 0 saturated carbocycles. The van der Waals surface area contributed by atoms with Crippen LogP contribution in [0.2, 0.25) is 0 Å². The van der Waals surface area contributed by atoms with Crippen LogP contribution in [0.5, 0.6) is 5.75 Å². The Morgan fingerprint density at radius 1 is 1.13 bits per heavy atom. The number of nitrogens with one attached hydrogen (secondary N) is 2. The fourth-order valence-corrected chi connectivity index (χ4v) is 2.97. The summed E-state index contributed by atoms with van der Waals surface area (Å²) in [7, 11) is 0. The molecule has 1 heterocycles. The average molecular weight is 413 g/mol. The van der Waals surface area contributed by atoms with Gasteiger partial charge in [0, 0.05) is 37.6 Å². The molecule has 3 aromatic rings. The van der Waals surface area contributed by atoms with Crippen molar-refractivity contribution in [2.24, 2.45) is 4.99 Å². The highest BCUT2D eigenvalue weighted by atomic mass is 19.3. The van der Waals surface area contributed by atoms with Gasteiger partial charge < -0.3 is 19.9 Å². The minimum Gasteiger partial charge on any atom is -0.434 e. The van der Waals surface area contributed by atoms with Gasteiger partial charge in [0.15, 0.2) is 5.96 Å². The Labute approximate surface area is 174 Å². The SMILES string of the molecule is CCNC(=NCc1cccc(Cn2ccnc2)c1)NCc1ccccc1OC(F)F. The van der Waals surface area contributed by atoms with E-state index in [2.05, 4.69) is 37.5 Å². The Hall–Kier alpha value is -3.42. The van der Waals surface area contributed by atoms with Gasteiger partial charge in [-0.25, -0.2) is 9.98 Å². The number of imidazole rings is 1. The molecule has 0 saturated heterocycles. The molecule has 1 aromatic heterocycles. The monoisotopic (exact) mass is 413 g/mol. The lowest BCUT2D eigenvalue weighted by atomic mass is 10.1. The van der Waals surface area contributed by atoms with Crippen molar-refractivity contribution in [2.45, 2.75) is 33.2 Å². The number of alkyl halides is 2. The zero-order chi connectivity index (χ0) is 21.2. The van der Waals surface area contributed by atoms with Crippen molar-refractivity contribution < 1.29 is 13.5 Å². The van der Waals surface area contributed by atoms with Crippen molar-refractivity contribution in [1.82, 2.24) is 20.2 Å². The number of halogens is 2. The molecule has 6 nitrogen and oxygen atoms in total. The minimum absolute atomic E-state index is 0.156. The lowest BCUT2D eigenvalue weighted by Crippen LogP contribution is -2.36. The van der Waals surface area contributed by atoms with Crippen LogP contribution in [-0.4, -0.2) is 28.7 Å². The summed E-state index contributed by atoms with van der Waals surface area (Å²) in [6.07, 6.45) is 5.47. The largest absolute Gasteiger partial charge is 0.434 e. The Morgan fingerprint density at radius 2 is 1.97 bits per heavy atom. The number of benzene rings is 2. The zero-order valence-electron chi connectivity index (χ0n) is 16.8. The van der Waals surface area contributed by atoms with Gasteiger partial charge in [-0.15, -0.1) is 0 Å². The average Bonchev–Trinajstić information content (AvgIpc) is 3.24. The third-order valence-electron chi connectivity index (χ3n) is 4.31. The van der Waals surface area contributed by atoms with Crippen LogP contribution in [0.25, 0.3) is 0 Å². The number of aliphatic imine (C=N–C) groups is 1. The summed E-state index contributed by atoms with van der Waals surface area (Å²) in [6, 6.07) is 14.9. The Bertz CT molecular complexity index is 944. The topological polar surface area (TPSA) is 63.5 Å². The van der Waals surface area contributed by atoms with Gasteiger partial charge >= 0.3 is 6.61 Å². The molecule has 0 bridgehead atoms. The van der Waals surface area contributed by atoms with E-state index >= 15 is 0 Å². The van der Waals surface area contributed by atoms with E-state index in [0.29, 0.717) is 31.2 Å². The second kappa shape index (κ2) is 10.9. The molecule has 0 unspecified atom stereocenters. The van der Waals surface area contributed by atoms with E-state index < -0.39 is 6.61 Å². The molecule has 0 aliphatic carbocycles. The van der Waals surface area contributed by atoms with Crippen molar-refractivity contribution in [3.8, 4) is 5.75 Å². The van der Waals surface area contributed by atoms with Crippen LogP contribution in [0.3, 0.4) is 0 Å². The second-order valence-electron chi connectivity index (χ2n) is 6.59. The summed E-state index contributed by atoms with van der Waals surface area (Å²) < 4.78 is 31.8. The fourth-order valence-electron chi connectivity index (χ4n) is 2.97. The van der Waals surface area contributed by atoms with E-state index in [1.54, 1.807) is 30.7 Å². The molecule has 0 aliphatic heterocycles. The Morgan fingerprint density at radius 3 is 2.73 bits per heavy atom. The number of para-hydroxylation sites is 1. The standard InChI is InChI=1S/C22H25F2N5O/c1-2-26-22(28-14-19-8-3-4-9-20(19)30-21(23)24)27-13-17-6-5-7-18(12-17)15-29-11-10-25-16-29/h3-12,16,21H,2,13-15H2,1H3,(H2,26,27,28). The number of nitrogens with zero attached hydrogens (tertiary/aromatic N) is 3. The van der Waals surface area contributed by atoms with Gasteiger partial charge in [0.05, 0.1) is 12.9 Å². The van der Waals surface area contributed by atoms with E-state index in [1.807, 2.05) is 29.8 Å². The Balaban J connectivity index is 1.64. The molecule has 0 aliphatic rings. The molecule has 3 rings (SSSR count). The molecule has 0 fully saturated rings. The van der Waals surface area contributed by atoms with E-state index in [1.165, 1.54) is 6.07 Å². The number of rotatable bonds is 9. The van der Waals surface area contributed by atoms with Crippen LogP contribution < -0.4 is 15.4 Å². The normalized spacial score (nSPS) is 11.5. The summed E-state index contributed by atoms with van der Waals surface area (Å²) in [6.45, 7) is 1.34. The number of guanidine groups is 1. The summed E-state index contributed by atoms with van der Waals surface area (Å²) in [4.78, 5) is 8.68. The molecule has 0 radical (unpaired) electrons. The van der Waals surface area contributed by atoms with Gasteiger partial charge in [-0.1, -0.05) is 42.5 Å². The van der Waals surface area contributed by atoms with Gasteiger partial charge in [-0.05, 0) is 24.1 Å². The lowest BCUT2D eigenvalue weighted by molar-refractivity contribution is -0.0504. The van der Waals surface area contributed by atoms with Crippen LogP contribution >= 0.6 is 0 Å². The van der Waals surface area contributed by atoms with Crippen molar-refractivity contribution in [2.75, 3.05) is 6.54 Å². The number of ether oxygens (including phenoxy) is 1. The van der Waals surface area contributed by atoms with Crippen molar-refractivity contribution in [3.05, 3.63) is 83.9 Å². The molecule has 0 amide bonds. The van der Waals surface area contributed by atoms with E-state index in [4.69, 9.17) is 0 Å². The minimum atomic E-state index is -2.86. The van der Waals surface area contributed by atoms with Gasteiger partial charge in [0.2, 0.25) is 0 Å². The fraction of sp³-hybridized carbons (Fsp3) is 0.273. The maximum absolute atomic E-state index is 12.6. The highest BCUT2D eigenvalue weighted by Crippen LogP contribution is 2.20. The predicted octanol–water partition coefficient (Wildman–Crippen LogP) is 3.79. The van der Waals surface area contributed by atoms with Gasteiger partial charge in [-0.3, -0.25) is 0 Å². The third-order valence-corrected chi connectivity index (χ3v) is 4.31. The maximum Gasteiger partial charge on any atom is 0.387 e. The van der Waals surface area contributed by atoms with Crippen LogP contribution in [0, 0.1) is 0 Å². The molecule has 2 N–H and O–H groups in total. The molecule has 0 spiro atoms. The van der Waals surface area contributed by atoms with Crippen LogP contribution in [0.15, 0.2) is 72.2 Å². The highest BCUT2D eigenvalue weighted by molar-refractivity contribution is 5.79. The second-order valence-corrected chi connectivity index (χ2v) is 6.59. The molecule has 30 heavy (non-hydrogen) atoms. The van der Waals surface area contributed by atoms with Crippen molar-refractivity contribution >= 4 is 5.96 Å². The van der Waals surface area contributed by atoms with Gasteiger partial charge in [0.25, 0.3) is 0 Å². The summed E-state index contributed by atoms with van der Waals surface area (Å²) in [5, 5.41) is 6.35. The molecular weight excluding hydrogens is 388 g/mol. The van der Waals surface area contributed by atoms with Gasteiger partial charge in [0.1, 0.15) is 5.75 Å². The van der Waals surface area contributed by atoms with Crippen molar-refractivity contribution in [1.29, 1.82) is 0 Å². The van der Waals surface area contributed by atoms with Crippen LogP contribution in [0.1, 0.15) is 23.6 Å². The van der Waals surface area contributed by atoms with E-state index in [-0.39, 0.29) is 5.75 Å². The van der Waals surface area contributed by atoms with Crippen molar-refractivity contribution in [3.63, 3.8) is 0 Å². The molecule has 8 heteroatoms. The van der Waals surface area contributed by atoms with Crippen LogP contribution in [0.4, 0.5) is 8.78 Å². The first kappa shape index (κ1) is 21.3. The Kier molecular flexibility index (Phi) is 7.77. The summed E-state index contributed by atoms with van der Waals surface area (Å²) in [5.74, 6) is 0.757. The number of hydrogen-bond donors (Lipinski definition) is 2. The first-order valence-corrected chi connectivity index (χ1v) is 9.72. The molecule has 2 aromatic carbocycles. The third kappa shape index (κ3) is 6.58. The van der Waals surface area contributed by atoms with E-state index in [9.17, 15) is 8.78 Å². The van der Waals surface area contributed by atoms with E-state index in [0.717, 1.165) is 17.7 Å². The van der Waals surface area contributed by atoms with Gasteiger partial charge in [-0.2, -0.15) is 8.78 Å².